The molecule has 2 aliphatic rings. The van der Waals surface area contributed by atoms with Crippen LogP contribution in [0, 0.1) is 5.92 Å². The molecule has 0 bridgehead atoms. The van der Waals surface area contributed by atoms with Crippen LogP contribution in [0.4, 0.5) is 0 Å². The largest absolute Gasteiger partial charge is 0.302 e. The van der Waals surface area contributed by atoms with E-state index in [1.54, 1.807) is 0 Å². The van der Waals surface area contributed by atoms with Gasteiger partial charge in [0.25, 0.3) is 0 Å². The summed E-state index contributed by atoms with van der Waals surface area (Å²) in [6.07, 6.45) is 7.30. The zero-order valence-electron chi connectivity index (χ0n) is 11.2. The van der Waals surface area contributed by atoms with Crippen LogP contribution in [0.3, 0.4) is 0 Å². The summed E-state index contributed by atoms with van der Waals surface area (Å²) in [7, 11) is 0. The maximum Gasteiger partial charge on any atom is 0.155 e. The lowest BCUT2D eigenvalue weighted by atomic mass is 9.94. The number of H-pyrrole nitrogens is 1. The SMILES string of the molecule is c1cc2cn[nH]c2nc1[C@@H]1CCCN(CC2CC2)C1. The second kappa shape index (κ2) is 4.60. The zero-order valence-corrected chi connectivity index (χ0v) is 11.2. The van der Waals surface area contributed by atoms with Crippen LogP contribution in [0.1, 0.15) is 37.3 Å². The summed E-state index contributed by atoms with van der Waals surface area (Å²) in [6, 6.07) is 4.32. The number of pyridine rings is 1. The molecule has 100 valence electrons. The Hall–Kier alpha value is -1.42. The van der Waals surface area contributed by atoms with E-state index in [0.29, 0.717) is 5.92 Å². The molecular formula is C15H20N4. The summed E-state index contributed by atoms with van der Waals surface area (Å²) in [5.74, 6) is 1.59. The Balaban J connectivity index is 1.52. The second-order valence-electron chi connectivity index (χ2n) is 6.09. The molecule has 1 N–H and O–H groups in total. The summed E-state index contributed by atoms with van der Waals surface area (Å²) in [5.41, 5.74) is 2.16. The number of rotatable bonds is 3. The minimum Gasteiger partial charge on any atom is -0.302 e. The second-order valence-corrected chi connectivity index (χ2v) is 6.09. The highest BCUT2D eigenvalue weighted by molar-refractivity contribution is 5.73. The van der Waals surface area contributed by atoms with Crippen LogP contribution in [0.2, 0.25) is 0 Å². The Bertz CT molecular complexity index is 572. The monoisotopic (exact) mass is 256 g/mol. The van der Waals surface area contributed by atoms with Gasteiger partial charge in [-0.15, -0.1) is 0 Å². The minimum absolute atomic E-state index is 0.597. The summed E-state index contributed by atoms with van der Waals surface area (Å²) >= 11 is 0. The molecule has 2 aromatic rings. The number of nitrogens with one attached hydrogen (secondary N) is 1. The zero-order chi connectivity index (χ0) is 12.7. The van der Waals surface area contributed by atoms with Crippen molar-refractivity contribution in [2.45, 2.75) is 31.6 Å². The molecule has 0 unspecified atom stereocenters. The normalized spacial score (nSPS) is 24.9. The van der Waals surface area contributed by atoms with E-state index >= 15 is 0 Å². The van der Waals surface area contributed by atoms with Crippen LogP contribution in [0.25, 0.3) is 11.0 Å². The van der Waals surface area contributed by atoms with E-state index in [1.807, 2.05) is 6.20 Å². The highest BCUT2D eigenvalue weighted by atomic mass is 15.1. The average molecular weight is 256 g/mol. The topological polar surface area (TPSA) is 44.8 Å². The van der Waals surface area contributed by atoms with Crippen molar-refractivity contribution in [2.75, 3.05) is 19.6 Å². The molecule has 1 saturated carbocycles. The predicted molar refractivity (Wildman–Crippen MR) is 75.0 cm³/mol. The van der Waals surface area contributed by atoms with Crippen molar-refractivity contribution in [1.82, 2.24) is 20.1 Å². The van der Waals surface area contributed by atoms with E-state index in [9.17, 15) is 0 Å². The number of hydrogen-bond acceptors (Lipinski definition) is 3. The molecule has 19 heavy (non-hydrogen) atoms. The number of nitrogens with zero attached hydrogens (tertiary/aromatic N) is 3. The summed E-state index contributed by atoms with van der Waals surface area (Å²) in [4.78, 5) is 7.39. The van der Waals surface area contributed by atoms with Crippen molar-refractivity contribution >= 4 is 11.0 Å². The van der Waals surface area contributed by atoms with Crippen molar-refractivity contribution in [3.63, 3.8) is 0 Å². The molecule has 1 aliphatic heterocycles. The Morgan fingerprint density at radius 3 is 3.11 bits per heavy atom. The Labute approximate surface area is 113 Å². The van der Waals surface area contributed by atoms with Gasteiger partial charge in [-0.25, -0.2) is 4.98 Å². The van der Waals surface area contributed by atoms with Gasteiger partial charge < -0.3 is 4.90 Å². The number of aromatic nitrogens is 3. The standard InChI is InChI=1S/C15H20N4/c1-2-13(10-19(7-1)9-11-3-4-11)14-6-5-12-8-16-18-15(12)17-14/h5-6,8,11,13H,1-4,7,9-10H2,(H,16,17,18)/t13-/m1/s1. The molecule has 2 fully saturated rings. The number of likely N-dealkylation sites (tertiary alicyclic amines) is 1. The van der Waals surface area contributed by atoms with E-state index in [4.69, 9.17) is 4.98 Å². The van der Waals surface area contributed by atoms with Gasteiger partial charge in [-0.3, -0.25) is 5.10 Å². The number of fused-ring (bicyclic) bond motifs is 1. The third-order valence-corrected chi connectivity index (χ3v) is 4.46. The van der Waals surface area contributed by atoms with Crippen LogP contribution in [-0.2, 0) is 0 Å². The van der Waals surface area contributed by atoms with Crippen molar-refractivity contribution in [3.8, 4) is 0 Å². The van der Waals surface area contributed by atoms with Crippen LogP contribution in [0.5, 0.6) is 0 Å². The van der Waals surface area contributed by atoms with E-state index in [0.717, 1.165) is 17.0 Å². The fourth-order valence-corrected chi connectivity index (χ4v) is 3.20. The van der Waals surface area contributed by atoms with Crippen molar-refractivity contribution in [1.29, 1.82) is 0 Å². The van der Waals surface area contributed by atoms with Crippen LogP contribution < -0.4 is 0 Å². The van der Waals surface area contributed by atoms with Crippen molar-refractivity contribution in [3.05, 3.63) is 24.0 Å². The molecule has 4 rings (SSSR count). The van der Waals surface area contributed by atoms with Gasteiger partial charge in [-0.1, -0.05) is 0 Å². The fourth-order valence-electron chi connectivity index (χ4n) is 3.20. The summed E-state index contributed by atoms with van der Waals surface area (Å²) in [6.45, 7) is 3.77. The van der Waals surface area contributed by atoms with E-state index in [-0.39, 0.29) is 0 Å². The van der Waals surface area contributed by atoms with Gasteiger partial charge in [0.15, 0.2) is 5.65 Å². The third kappa shape index (κ3) is 2.37. The molecule has 4 heteroatoms. The first kappa shape index (κ1) is 11.4. The molecule has 3 heterocycles. The first-order chi connectivity index (χ1) is 9.38. The van der Waals surface area contributed by atoms with Crippen LogP contribution in [0.15, 0.2) is 18.3 Å². The summed E-state index contributed by atoms with van der Waals surface area (Å²) < 4.78 is 0. The molecule has 2 aromatic heterocycles. The fraction of sp³-hybridized carbons (Fsp3) is 0.600. The molecule has 4 nitrogen and oxygen atoms in total. The van der Waals surface area contributed by atoms with E-state index in [2.05, 4.69) is 27.2 Å². The number of hydrogen-bond donors (Lipinski definition) is 1. The first-order valence-electron chi connectivity index (χ1n) is 7.41. The lowest BCUT2D eigenvalue weighted by Crippen LogP contribution is -2.36. The maximum atomic E-state index is 4.74. The molecule has 1 aliphatic carbocycles. The quantitative estimate of drug-likeness (QED) is 0.918. The Kier molecular flexibility index (Phi) is 2.76. The van der Waals surface area contributed by atoms with Gasteiger partial charge >= 0.3 is 0 Å². The molecule has 0 amide bonds. The average Bonchev–Trinajstić information content (AvgIpc) is 3.13. The molecule has 1 atom stereocenters. The van der Waals surface area contributed by atoms with Crippen LogP contribution >= 0.6 is 0 Å². The molecular weight excluding hydrogens is 236 g/mol. The van der Waals surface area contributed by atoms with Gasteiger partial charge in [0.05, 0.1) is 6.20 Å². The highest BCUT2D eigenvalue weighted by Crippen LogP contribution is 2.33. The smallest absolute Gasteiger partial charge is 0.155 e. The van der Waals surface area contributed by atoms with Gasteiger partial charge in [0, 0.05) is 30.1 Å². The van der Waals surface area contributed by atoms with Crippen molar-refractivity contribution in [2.24, 2.45) is 5.92 Å². The Morgan fingerprint density at radius 2 is 2.21 bits per heavy atom. The molecule has 0 spiro atoms. The first-order valence-corrected chi connectivity index (χ1v) is 7.41. The summed E-state index contributed by atoms with van der Waals surface area (Å²) in [5, 5.41) is 8.14. The van der Waals surface area contributed by atoms with Crippen molar-refractivity contribution < 1.29 is 0 Å². The number of aromatic amines is 1. The van der Waals surface area contributed by atoms with Gasteiger partial charge in [0.2, 0.25) is 0 Å². The predicted octanol–water partition coefficient (Wildman–Crippen LogP) is 2.55. The van der Waals surface area contributed by atoms with Gasteiger partial charge in [-0.05, 0) is 50.3 Å². The third-order valence-electron chi connectivity index (χ3n) is 4.46. The molecule has 0 aromatic carbocycles. The van der Waals surface area contributed by atoms with E-state index in [1.165, 1.54) is 51.0 Å². The van der Waals surface area contributed by atoms with Crippen LogP contribution in [-0.4, -0.2) is 39.7 Å². The molecule has 1 saturated heterocycles. The highest BCUT2D eigenvalue weighted by Gasteiger charge is 2.28. The Morgan fingerprint density at radius 1 is 1.26 bits per heavy atom. The van der Waals surface area contributed by atoms with Gasteiger partial charge in [0.1, 0.15) is 0 Å². The maximum absolute atomic E-state index is 4.74. The lowest BCUT2D eigenvalue weighted by molar-refractivity contribution is 0.199. The number of piperidine rings is 1. The molecule has 0 radical (unpaired) electrons. The van der Waals surface area contributed by atoms with Gasteiger partial charge in [-0.2, -0.15) is 5.10 Å². The van der Waals surface area contributed by atoms with E-state index < -0.39 is 0 Å². The minimum atomic E-state index is 0.597. The lowest BCUT2D eigenvalue weighted by Gasteiger charge is -2.32.